The van der Waals surface area contributed by atoms with Gasteiger partial charge in [-0.2, -0.15) is 0 Å². The number of anilines is 1. The van der Waals surface area contributed by atoms with Gasteiger partial charge in [0.15, 0.2) is 0 Å². The molecule has 15 heavy (non-hydrogen) atoms. The lowest BCUT2D eigenvalue weighted by Crippen LogP contribution is -2.23. The highest BCUT2D eigenvalue weighted by Crippen LogP contribution is 2.19. The van der Waals surface area contributed by atoms with Crippen molar-refractivity contribution in [2.45, 2.75) is 6.92 Å². The molecule has 80 valence electrons. The van der Waals surface area contributed by atoms with Gasteiger partial charge in [-0.25, -0.2) is 4.79 Å². The molecular formula is C10H10BrNO3. The van der Waals surface area contributed by atoms with E-state index in [1.165, 1.54) is 0 Å². The molecule has 0 radical (unpaired) electrons. The van der Waals surface area contributed by atoms with Crippen molar-refractivity contribution in [2.24, 2.45) is 0 Å². The lowest BCUT2D eigenvalue weighted by Gasteiger charge is -2.05. The van der Waals surface area contributed by atoms with Gasteiger partial charge < -0.3 is 10.1 Å². The van der Waals surface area contributed by atoms with Crippen LogP contribution in [-0.4, -0.2) is 19.0 Å². The SMILES string of the molecule is COC(=O)C(=O)Nc1ccc(Br)c(C)c1. The Bertz CT molecular complexity index is 404. The second-order valence-corrected chi connectivity index (χ2v) is 3.76. The molecule has 0 aliphatic carbocycles. The first-order chi connectivity index (χ1) is 7.04. The molecule has 0 bridgehead atoms. The Kier molecular flexibility index (Phi) is 3.85. The highest BCUT2D eigenvalue weighted by molar-refractivity contribution is 9.10. The molecular weight excluding hydrogens is 262 g/mol. The number of carbonyl (C=O) groups is 2. The number of carbonyl (C=O) groups excluding carboxylic acids is 2. The first kappa shape index (κ1) is 11.7. The van der Waals surface area contributed by atoms with E-state index in [0.717, 1.165) is 17.1 Å². The average Bonchev–Trinajstić information content (AvgIpc) is 2.22. The lowest BCUT2D eigenvalue weighted by molar-refractivity contribution is -0.150. The van der Waals surface area contributed by atoms with E-state index in [9.17, 15) is 9.59 Å². The summed E-state index contributed by atoms with van der Waals surface area (Å²) >= 11 is 3.33. The van der Waals surface area contributed by atoms with Crippen molar-refractivity contribution in [2.75, 3.05) is 12.4 Å². The molecule has 0 saturated heterocycles. The Morgan fingerprint density at radius 1 is 1.40 bits per heavy atom. The van der Waals surface area contributed by atoms with Crippen LogP contribution in [0.1, 0.15) is 5.56 Å². The number of benzene rings is 1. The largest absolute Gasteiger partial charge is 0.462 e. The third-order valence-electron chi connectivity index (χ3n) is 1.79. The fourth-order valence-corrected chi connectivity index (χ4v) is 1.24. The van der Waals surface area contributed by atoms with E-state index in [4.69, 9.17) is 0 Å². The quantitative estimate of drug-likeness (QED) is 0.627. The number of ether oxygens (including phenoxy) is 1. The van der Waals surface area contributed by atoms with Crippen LogP contribution in [0.25, 0.3) is 0 Å². The number of hydrogen-bond acceptors (Lipinski definition) is 3. The van der Waals surface area contributed by atoms with E-state index in [1.807, 2.05) is 6.92 Å². The van der Waals surface area contributed by atoms with Crippen LogP contribution < -0.4 is 5.32 Å². The van der Waals surface area contributed by atoms with E-state index >= 15 is 0 Å². The zero-order valence-corrected chi connectivity index (χ0v) is 9.92. The Labute approximate surface area is 95.7 Å². The number of hydrogen-bond donors (Lipinski definition) is 1. The maximum atomic E-state index is 11.1. The minimum atomic E-state index is -0.907. The predicted octanol–water partition coefficient (Wildman–Crippen LogP) is 1.87. The zero-order valence-electron chi connectivity index (χ0n) is 8.33. The van der Waals surface area contributed by atoms with Crippen molar-refractivity contribution in [1.29, 1.82) is 0 Å². The molecule has 0 atom stereocenters. The number of rotatable bonds is 1. The Balaban J connectivity index is 2.77. The fraction of sp³-hybridized carbons (Fsp3) is 0.200. The van der Waals surface area contributed by atoms with Gasteiger partial charge in [0, 0.05) is 10.2 Å². The van der Waals surface area contributed by atoms with Crippen molar-refractivity contribution in [3.8, 4) is 0 Å². The lowest BCUT2D eigenvalue weighted by atomic mass is 10.2. The van der Waals surface area contributed by atoms with Gasteiger partial charge >= 0.3 is 11.9 Å². The average molecular weight is 272 g/mol. The molecule has 1 rings (SSSR count). The Hall–Kier alpha value is -1.36. The summed E-state index contributed by atoms with van der Waals surface area (Å²) in [4.78, 5) is 22.0. The second-order valence-electron chi connectivity index (χ2n) is 2.91. The first-order valence-electron chi connectivity index (χ1n) is 4.20. The van der Waals surface area contributed by atoms with Crippen LogP contribution in [0.2, 0.25) is 0 Å². The topological polar surface area (TPSA) is 55.4 Å². The molecule has 1 aromatic carbocycles. The number of amides is 1. The molecule has 0 aliphatic rings. The van der Waals surface area contributed by atoms with Crippen LogP contribution >= 0.6 is 15.9 Å². The molecule has 0 spiro atoms. The summed E-state index contributed by atoms with van der Waals surface area (Å²) in [5.74, 6) is -1.69. The summed E-state index contributed by atoms with van der Waals surface area (Å²) in [6.45, 7) is 1.89. The van der Waals surface area contributed by atoms with Crippen LogP contribution in [-0.2, 0) is 14.3 Å². The van der Waals surface area contributed by atoms with Crippen LogP contribution in [0.3, 0.4) is 0 Å². The van der Waals surface area contributed by atoms with Crippen molar-refractivity contribution in [3.63, 3.8) is 0 Å². The number of aryl methyl sites for hydroxylation is 1. The number of methoxy groups -OCH3 is 1. The molecule has 0 unspecified atom stereocenters. The third kappa shape index (κ3) is 3.06. The van der Waals surface area contributed by atoms with Crippen molar-refractivity contribution in [3.05, 3.63) is 28.2 Å². The number of nitrogens with one attached hydrogen (secondary N) is 1. The van der Waals surface area contributed by atoms with E-state index in [0.29, 0.717) is 5.69 Å². The molecule has 1 N–H and O–H groups in total. The van der Waals surface area contributed by atoms with Crippen molar-refractivity contribution >= 4 is 33.5 Å². The molecule has 0 saturated carbocycles. The highest BCUT2D eigenvalue weighted by atomic mass is 79.9. The highest BCUT2D eigenvalue weighted by Gasteiger charge is 2.13. The predicted molar refractivity (Wildman–Crippen MR) is 59.5 cm³/mol. The maximum Gasteiger partial charge on any atom is 0.396 e. The van der Waals surface area contributed by atoms with E-state index in [1.54, 1.807) is 18.2 Å². The van der Waals surface area contributed by atoms with E-state index in [-0.39, 0.29) is 0 Å². The van der Waals surface area contributed by atoms with Crippen LogP contribution in [0.5, 0.6) is 0 Å². The van der Waals surface area contributed by atoms with Gasteiger partial charge in [0.2, 0.25) is 0 Å². The molecule has 0 fully saturated rings. The van der Waals surface area contributed by atoms with Gasteiger partial charge in [-0.1, -0.05) is 15.9 Å². The standard InChI is InChI=1S/C10H10BrNO3/c1-6-5-7(3-4-8(6)11)12-9(13)10(14)15-2/h3-5H,1-2H3,(H,12,13). The van der Waals surface area contributed by atoms with Gasteiger partial charge in [-0.3, -0.25) is 4.79 Å². The maximum absolute atomic E-state index is 11.1. The van der Waals surface area contributed by atoms with Crippen LogP contribution in [0, 0.1) is 6.92 Å². The third-order valence-corrected chi connectivity index (χ3v) is 2.68. The summed E-state index contributed by atoms with van der Waals surface area (Å²) < 4.78 is 5.22. The normalized spacial score (nSPS) is 9.53. The summed E-state index contributed by atoms with van der Waals surface area (Å²) in [7, 11) is 1.16. The summed E-state index contributed by atoms with van der Waals surface area (Å²) in [6, 6.07) is 5.24. The minimum absolute atomic E-state index is 0.561. The second kappa shape index (κ2) is 4.93. The summed E-state index contributed by atoms with van der Waals surface area (Å²) in [5.41, 5.74) is 1.53. The van der Waals surface area contributed by atoms with Crippen molar-refractivity contribution in [1.82, 2.24) is 0 Å². The van der Waals surface area contributed by atoms with Gasteiger partial charge in [-0.15, -0.1) is 0 Å². The number of halogens is 1. The van der Waals surface area contributed by atoms with E-state index < -0.39 is 11.9 Å². The zero-order chi connectivity index (χ0) is 11.4. The van der Waals surface area contributed by atoms with Crippen LogP contribution in [0.4, 0.5) is 5.69 Å². The molecule has 5 heteroatoms. The molecule has 1 aromatic rings. The summed E-state index contributed by atoms with van der Waals surface area (Å²) in [5, 5.41) is 2.43. The van der Waals surface area contributed by atoms with Gasteiger partial charge in [-0.05, 0) is 30.7 Å². The van der Waals surface area contributed by atoms with Gasteiger partial charge in [0.05, 0.1) is 7.11 Å². The van der Waals surface area contributed by atoms with E-state index in [2.05, 4.69) is 26.0 Å². The molecule has 1 amide bonds. The Morgan fingerprint density at radius 3 is 2.60 bits per heavy atom. The number of esters is 1. The summed E-state index contributed by atoms with van der Waals surface area (Å²) in [6.07, 6.45) is 0. The first-order valence-corrected chi connectivity index (χ1v) is 4.99. The Morgan fingerprint density at radius 2 is 2.07 bits per heavy atom. The fourth-order valence-electron chi connectivity index (χ4n) is 0.997. The monoisotopic (exact) mass is 271 g/mol. The molecule has 4 nitrogen and oxygen atoms in total. The smallest absolute Gasteiger partial charge is 0.396 e. The molecule has 0 heterocycles. The van der Waals surface area contributed by atoms with Crippen molar-refractivity contribution < 1.29 is 14.3 Å². The van der Waals surface area contributed by atoms with Gasteiger partial charge in [0.25, 0.3) is 0 Å². The van der Waals surface area contributed by atoms with Crippen LogP contribution in [0.15, 0.2) is 22.7 Å². The molecule has 0 aromatic heterocycles. The molecule has 0 aliphatic heterocycles. The van der Waals surface area contributed by atoms with Gasteiger partial charge in [0.1, 0.15) is 0 Å². The minimum Gasteiger partial charge on any atom is -0.462 e.